The largest absolute Gasteiger partial charge is 0.493 e. The van der Waals surface area contributed by atoms with E-state index in [4.69, 9.17) is 33.2 Å². The summed E-state index contributed by atoms with van der Waals surface area (Å²) < 4.78 is 38.6. The number of carbonyl (C=O) groups is 1. The van der Waals surface area contributed by atoms with E-state index in [9.17, 15) is 9.90 Å². The van der Waals surface area contributed by atoms with Crippen LogP contribution in [0, 0.1) is 0 Å². The van der Waals surface area contributed by atoms with E-state index >= 15 is 0 Å². The predicted molar refractivity (Wildman–Crippen MR) is 129 cm³/mol. The van der Waals surface area contributed by atoms with Crippen LogP contribution in [-0.2, 0) is 16.1 Å². The van der Waals surface area contributed by atoms with Gasteiger partial charge in [-0.05, 0) is 23.3 Å². The Kier molecular flexibility index (Phi) is 8.27. The molecular formula is C27H28O9. The summed E-state index contributed by atoms with van der Waals surface area (Å²) in [6, 6.07) is 17.9. The van der Waals surface area contributed by atoms with Crippen LogP contribution in [0.2, 0.25) is 0 Å². The Morgan fingerprint density at radius 2 is 1.58 bits per heavy atom. The maximum absolute atomic E-state index is 13.3. The molecule has 1 aliphatic rings. The highest BCUT2D eigenvalue weighted by molar-refractivity contribution is 6.05. The summed E-state index contributed by atoms with van der Waals surface area (Å²) >= 11 is 0. The molecule has 36 heavy (non-hydrogen) atoms. The molecule has 2 atom stereocenters. The number of carbonyl (C=O) groups excluding carboxylic acids is 1. The predicted octanol–water partition coefficient (Wildman–Crippen LogP) is 3.92. The van der Waals surface area contributed by atoms with E-state index in [1.54, 1.807) is 31.4 Å². The van der Waals surface area contributed by atoms with Crippen molar-refractivity contribution in [3.8, 4) is 28.7 Å². The molecule has 0 saturated heterocycles. The lowest BCUT2D eigenvalue weighted by Crippen LogP contribution is -2.36. The van der Waals surface area contributed by atoms with E-state index in [0.29, 0.717) is 29.4 Å². The van der Waals surface area contributed by atoms with Gasteiger partial charge in [0, 0.05) is 26.4 Å². The third kappa shape index (κ3) is 5.54. The van der Waals surface area contributed by atoms with Crippen LogP contribution < -0.4 is 23.7 Å². The SMILES string of the molecule is COCOc1cc(OCOC)c2c(c1)OC(c1ccc(OC)c(OCc3ccccc3)c1)C(O)C2=O. The Balaban J connectivity index is 1.65. The third-order valence-electron chi connectivity index (χ3n) is 5.52. The van der Waals surface area contributed by atoms with Gasteiger partial charge in [-0.2, -0.15) is 0 Å². The maximum atomic E-state index is 13.3. The second kappa shape index (κ2) is 11.8. The average Bonchev–Trinajstić information content (AvgIpc) is 2.91. The van der Waals surface area contributed by atoms with Gasteiger partial charge in [-0.15, -0.1) is 0 Å². The molecule has 0 spiro atoms. The number of rotatable bonds is 11. The number of fused-ring (bicyclic) bond motifs is 1. The molecular weight excluding hydrogens is 468 g/mol. The first kappa shape index (κ1) is 25.3. The molecule has 9 nitrogen and oxygen atoms in total. The fourth-order valence-corrected chi connectivity index (χ4v) is 3.80. The first-order chi connectivity index (χ1) is 17.5. The van der Waals surface area contributed by atoms with Gasteiger partial charge < -0.3 is 38.3 Å². The van der Waals surface area contributed by atoms with Crippen LogP contribution in [0.15, 0.2) is 60.7 Å². The van der Waals surface area contributed by atoms with Crippen LogP contribution >= 0.6 is 0 Å². The van der Waals surface area contributed by atoms with Crippen LogP contribution in [0.5, 0.6) is 28.7 Å². The Labute approximate surface area is 209 Å². The van der Waals surface area contributed by atoms with Gasteiger partial charge in [0.2, 0.25) is 5.78 Å². The zero-order chi connectivity index (χ0) is 25.5. The number of aliphatic hydroxyl groups excluding tert-OH is 1. The highest BCUT2D eigenvalue weighted by Crippen LogP contribution is 2.44. The molecule has 0 aliphatic carbocycles. The molecule has 3 aromatic rings. The standard InChI is InChI=1S/C27H28O9/c1-30-15-34-19-12-22(35-16-31-2)24-23(13-19)36-27(26(29)25(24)28)18-9-10-20(32-3)21(11-18)33-14-17-7-5-4-6-8-17/h4-13,26-27,29H,14-16H2,1-3H3. The molecule has 4 rings (SSSR count). The summed E-state index contributed by atoms with van der Waals surface area (Å²) in [5.41, 5.74) is 1.62. The molecule has 1 aliphatic heterocycles. The number of Topliss-reactive ketones (excluding diaryl/α,β-unsaturated/α-hetero) is 1. The molecule has 2 unspecified atom stereocenters. The van der Waals surface area contributed by atoms with Crippen molar-refractivity contribution < 1.29 is 43.1 Å². The Morgan fingerprint density at radius 3 is 2.31 bits per heavy atom. The summed E-state index contributed by atoms with van der Waals surface area (Å²) in [5.74, 6) is 1.16. The van der Waals surface area contributed by atoms with Crippen molar-refractivity contribution in [2.24, 2.45) is 0 Å². The Bertz CT molecular complexity index is 1180. The van der Waals surface area contributed by atoms with Gasteiger partial charge in [-0.1, -0.05) is 36.4 Å². The average molecular weight is 497 g/mol. The van der Waals surface area contributed by atoms with E-state index in [0.717, 1.165) is 5.56 Å². The number of aliphatic hydroxyl groups is 1. The zero-order valence-corrected chi connectivity index (χ0v) is 20.3. The number of benzene rings is 3. The highest BCUT2D eigenvalue weighted by atomic mass is 16.7. The fraction of sp³-hybridized carbons (Fsp3) is 0.296. The first-order valence-corrected chi connectivity index (χ1v) is 11.2. The van der Waals surface area contributed by atoms with Gasteiger partial charge >= 0.3 is 0 Å². The normalized spacial score (nSPS) is 16.6. The van der Waals surface area contributed by atoms with Gasteiger partial charge in [-0.25, -0.2) is 0 Å². The van der Waals surface area contributed by atoms with Crippen molar-refractivity contribution in [1.82, 2.24) is 0 Å². The minimum Gasteiger partial charge on any atom is -0.493 e. The second-order valence-corrected chi connectivity index (χ2v) is 7.93. The lowest BCUT2D eigenvalue weighted by Gasteiger charge is -2.31. The Hall–Kier alpha value is -3.79. The molecule has 0 bridgehead atoms. The number of ether oxygens (including phenoxy) is 7. The van der Waals surface area contributed by atoms with Crippen molar-refractivity contribution >= 4 is 5.78 Å². The lowest BCUT2D eigenvalue weighted by molar-refractivity contribution is 0.0174. The van der Waals surface area contributed by atoms with Crippen LogP contribution in [0.1, 0.15) is 27.6 Å². The molecule has 0 saturated carbocycles. The van der Waals surface area contributed by atoms with Crippen molar-refractivity contribution in [2.75, 3.05) is 34.9 Å². The fourth-order valence-electron chi connectivity index (χ4n) is 3.80. The van der Waals surface area contributed by atoms with Crippen molar-refractivity contribution in [1.29, 1.82) is 0 Å². The van der Waals surface area contributed by atoms with Crippen LogP contribution in [-0.4, -0.2) is 51.9 Å². The smallest absolute Gasteiger partial charge is 0.202 e. The number of methoxy groups -OCH3 is 3. The quantitative estimate of drug-likeness (QED) is 0.396. The van der Waals surface area contributed by atoms with E-state index in [-0.39, 0.29) is 30.6 Å². The lowest BCUT2D eigenvalue weighted by atomic mass is 9.92. The molecule has 9 heteroatoms. The molecule has 1 N–H and O–H groups in total. The maximum Gasteiger partial charge on any atom is 0.202 e. The van der Waals surface area contributed by atoms with Gasteiger partial charge in [0.05, 0.1) is 7.11 Å². The molecule has 190 valence electrons. The molecule has 0 amide bonds. The van der Waals surface area contributed by atoms with Crippen LogP contribution in [0.4, 0.5) is 0 Å². The third-order valence-corrected chi connectivity index (χ3v) is 5.52. The first-order valence-electron chi connectivity index (χ1n) is 11.2. The van der Waals surface area contributed by atoms with E-state index in [1.165, 1.54) is 20.3 Å². The van der Waals surface area contributed by atoms with E-state index < -0.39 is 18.0 Å². The van der Waals surface area contributed by atoms with Crippen LogP contribution in [0.25, 0.3) is 0 Å². The molecule has 0 radical (unpaired) electrons. The van der Waals surface area contributed by atoms with Gasteiger partial charge in [0.1, 0.15) is 29.4 Å². The molecule has 3 aromatic carbocycles. The summed E-state index contributed by atoms with van der Waals surface area (Å²) in [7, 11) is 4.50. The van der Waals surface area contributed by atoms with E-state index in [2.05, 4.69) is 0 Å². The Morgan fingerprint density at radius 1 is 0.833 bits per heavy atom. The molecule has 1 heterocycles. The molecule has 0 fully saturated rings. The van der Waals surface area contributed by atoms with Gasteiger partial charge in [0.25, 0.3) is 0 Å². The van der Waals surface area contributed by atoms with Crippen molar-refractivity contribution in [3.63, 3.8) is 0 Å². The summed E-state index contributed by atoms with van der Waals surface area (Å²) in [4.78, 5) is 13.3. The number of hydrogen-bond donors (Lipinski definition) is 1. The number of ketones is 1. The van der Waals surface area contributed by atoms with Crippen molar-refractivity contribution in [3.05, 3.63) is 77.4 Å². The van der Waals surface area contributed by atoms with Gasteiger partial charge in [-0.3, -0.25) is 4.79 Å². The van der Waals surface area contributed by atoms with E-state index in [1.807, 2.05) is 30.3 Å². The zero-order valence-electron chi connectivity index (χ0n) is 20.3. The second-order valence-electron chi connectivity index (χ2n) is 7.93. The van der Waals surface area contributed by atoms with Crippen LogP contribution in [0.3, 0.4) is 0 Å². The minimum absolute atomic E-state index is 0.0108. The number of hydrogen-bond acceptors (Lipinski definition) is 9. The van der Waals surface area contributed by atoms with Crippen molar-refractivity contribution in [2.45, 2.75) is 18.8 Å². The highest BCUT2D eigenvalue weighted by Gasteiger charge is 2.40. The van der Waals surface area contributed by atoms with Gasteiger partial charge in [0.15, 0.2) is 37.3 Å². The monoisotopic (exact) mass is 496 g/mol. The minimum atomic E-state index is -1.48. The topological polar surface area (TPSA) is 102 Å². The molecule has 0 aromatic heterocycles. The summed E-state index contributed by atoms with van der Waals surface area (Å²) in [6.07, 6.45) is -2.48. The summed E-state index contributed by atoms with van der Waals surface area (Å²) in [6.45, 7) is 0.202. The summed E-state index contributed by atoms with van der Waals surface area (Å²) in [5, 5.41) is 10.9.